The molecule has 0 N–H and O–H groups in total. The van der Waals surface area contributed by atoms with Crippen LogP contribution >= 0.6 is 0 Å². The number of carbonyl (C=O) groups is 3. The van der Waals surface area contributed by atoms with Gasteiger partial charge < -0.3 is 4.74 Å². The molecule has 5 nitrogen and oxygen atoms in total. The molecule has 0 aliphatic carbocycles. The standard InChI is InChI=1S/C12H11NO4/c1-8(14)9-2-4-10(5-3-9)13-6-7-17-12(16)11(13)15/h2-5H,6-7H2,1H3. The van der Waals surface area contributed by atoms with E-state index < -0.39 is 11.9 Å². The van der Waals surface area contributed by atoms with E-state index in [2.05, 4.69) is 4.74 Å². The summed E-state index contributed by atoms with van der Waals surface area (Å²) in [6.07, 6.45) is 0. The minimum atomic E-state index is -0.841. The Bertz CT molecular complexity index is 478. The molecule has 1 saturated heterocycles. The van der Waals surface area contributed by atoms with E-state index in [9.17, 15) is 14.4 Å². The number of Topliss-reactive ketones (excluding diaryl/α,β-unsaturated/α-hetero) is 1. The smallest absolute Gasteiger partial charge is 0.397 e. The zero-order chi connectivity index (χ0) is 12.4. The van der Waals surface area contributed by atoms with E-state index in [0.29, 0.717) is 17.8 Å². The van der Waals surface area contributed by atoms with E-state index in [1.165, 1.54) is 11.8 Å². The normalized spacial score (nSPS) is 15.7. The van der Waals surface area contributed by atoms with E-state index >= 15 is 0 Å². The van der Waals surface area contributed by atoms with Crippen LogP contribution in [0.4, 0.5) is 5.69 Å². The molecule has 0 saturated carbocycles. The maximum atomic E-state index is 11.5. The number of esters is 1. The average Bonchev–Trinajstić information content (AvgIpc) is 2.33. The Kier molecular flexibility index (Phi) is 2.91. The van der Waals surface area contributed by atoms with Crippen molar-refractivity contribution in [1.29, 1.82) is 0 Å². The van der Waals surface area contributed by atoms with Gasteiger partial charge in [-0.2, -0.15) is 0 Å². The number of benzene rings is 1. The van der Waals surface area contributed by atoms with Crippen LogP contribution in [0.1, 0.15) is 17.3 Å². The first-order valence-electron chi connectivity index (χ1n) is 5.19. The number of ether oxygens (including phenoxy) is 1. The lowest BCUT2D eigenvalue weighted by Gasteiger charge is -2.25. The van der Waals surface area contributed by atoms with Crippen molar-refractivity contribution in [2.75, 3.05) is 18.1 Å². The van der Waals surface area contributed by atoms with Crippen LogP contribution in [0.3, 0.4) is 0 Å². The van der Waals surface area contributed by atoms with Gasteiger partial charge in [-0.25, -0.2) is 4.79 Å². The van der Waals surface area contributed by atoms with Gasteiger partial charge in [0.25, 0.3) is 0 Å². The molecule has 0 aromatic heterocycles. The van der Waals surface area contributed by atoms with E-state index in [0.717, 1.165) is 0 Å². The molecule has 1 aliphatic heterocycles. The van der Waals surface area contributed by atoms with E-state index in [1.54, 1.807) is 24.3 Å². The highest BCUT2D eigenvalue weighted by Crippen LogP contribution is 2.17. The van der Waals surface area contributed by atoms with Crippen LogP contribution in [0.15, 0.2) is 24.3 Å². The average molecular weight is 233 g/mol. The number of cyclic esters (lactones) is 1. The van der Waals surface area contributed by atoms with E-state index in [1.807, 2.05) is 0 Å². The Balaban J connectivity index is 2.25. The molecule has 1 amide bonds. The largest absolute Gasteiger partial charge is 0.457 e. The van der Waals surface area contributed by atoms with Gasteiger partial charge in [0.2, 0.25) is 0 Å². The van der Waals surface area contributed by atoms with Gasteiger partial charge in [0.1, 0.15) is 6.61 Å². The Hall–Kier alpha value is -2.17. The number of hydrogen-bond donors (Lipinski definition) is 0. The van der Waals surface area contributed by atoms with Crippen LogP contribution < -0.4 is 4.90 Å². The lowest BCUT2D eigenvalue weighted by atomic mass is 10.1. The van der Waals surface area contributed by atoms with Gasteiger partial charge >= 0.3 is 11.9 Å². The molecule has 1 fully saturated rings. The van der Waals surface area contributed by atoms with Gasteiger partial charge in [-0.15, -0.1) is 0 Å². The van der Waals surface area contributed by atoms with E-state index in [4.69, 9.17) is 0 Å². The fraction of sp³-hybridized carbons (Fsp3) is 0.250. The Labute approximate surface area is 98.0 Å². The van der Waals surface area contributed by atoms with Gasteiger partial charge in [-0.05, 0) is 31.2 Å². The van der Waals surface area contributed by atoms with Crippen molar-refractivity contribution >= 4 is 23.3 Å². The highest BCUT2D eigenvalue weighted by molar-refractivity contribution is 6.38. The molecule has 1 aliphatic rings. The zero-order valence-corrected chi connectivity index (χ0v) is 9.30. The highest BCUT2D eigenvalue weighted by Gasteiger charge is 2.29. The summed E-state index contributed by atoms with van der Waals surface area (Å²) in [6, 6.07) is 6.55. The third-order valence-corrected chi connectivity index (χ3v) is 2.55. The third kappa shape index (κ3) is 2.18. The van der Waals surface area contributed by atoms with Gasteiger partial charge in [-0.1, -0.05) is 0 Å². The summed E-state index contributed by atoms with van der Waals surface area (Å²) in [4.78, 5) is 35.1. The molecule has 0 spiro atoms. The summed E-state index contributed by atoms with van der Waals surface area (Å²) in [5.41, 5.74) is 1.16. The number of morpholine rings is 1. The molecule has 0 radical (unpaired) electrons. The summed E-state index contributed by atoms with van der Waals surface area (Å²) in [6.45, 7) is 2.00. The number of hydrogen-bond acceptors (Lipinski definition) is 4. The van der Waals surface area contributed by atoms with Gasteiger partial charge in [0.15, 0.2) is 5.78 Å². The van der Waals surface area contributed by atoms with E-state index in [-0.39, 0.29) is 12.4 Å². The number of amides is 1. The maximum absolute atomic E-state index is 11.5. The van der Waals surface area contributed by atoms with Crippen molar-refractivity contribution in [1.82, 2.24) is 0 Å². The second kappa shape index (κ2) is 4.37. The molecule has 0 bridgehead atoms. The quantitative estimate of drug-likeness (QED) is 0.430. The molecular formula is C12H11NO4. The topological polar surface area (TPSA) is 63.7 Å². The van der Waals surface area contributed by atoms with Crippen molar-refractivity contribution in [3.05, 3.63) is 29.8 Å². The molecule has 1 heterocycles. The first-order valence-corrected chi connectivity index (χ1v) is 5.19. The molecule has 1 aromatic rings. The van der Waals surface area contributed by atoms with Crippen molar-refractivity contribution in [2.24, 2.45) is 0 Å². The van der Waals surface area contributed by atoms with Gasteiger partial charge in [0, 0.05) is 11.3 Å². The van der Waals surface area contributed by atoms with Crippen LogP contribution in [0.2, 0.25) is 0 Å². The molecule has 17 heavy (non-hydrogen) atoms. The lowest BCUT2D eigenvalue weighted by Crippen LogP contribution is -2.45. The highest BCUT2D eigenvalue weighted by atomic mass is 16.5. The third-order valence-electron chi connectivity index (χ3n) is 2.55. The fourth-order valence-corrected chi connectivity index (χ4v) is 1.63. The van der Waals surface area contributed by atoms with Crippen LogP contribution in [0.25, 0.3) is 0 Å². The summed E-state index contributed by atoms with van der Waals surface area (Å²) in [5, 5.41) is 0. The molecule has 0 unspecified atom stereocenters. The van der Waals surface area contributed by atoms with Crippen molar-refractivity contribution in [3.63, 3.8) is 0 Å². The fourth-order valence-electron chi connectivity index (χ4n) is 1.63. The number of ketones is 1. The summed E-state index contributed by atoms with van der Waals surface area (Å²) in [5.74, 6) is -1.56. The number of rotatable bonds is 2. The van der Waals surface area contributed by atoms with Crippen LogP contribution in [0.5, 0.6) is 0 Å². The monoisotopic (exact) mass is 233 g/mol. The SMILES string of the molecule is CC(=O)c1ccc(N2CCOC(=O)C2=O)cc1. The second-order valence-corrected chi connectivity index (χ2v) is 3.70. The summed E-state index contributed by atoms with van der Waals surface area (Å²) < 4.78 is 4.62. The Morgan fingerprint density at radius 2 is 1.88 bits per heavy atom. The van der Waals surface area contributed by atoms with Crippen LogP contribution in [0, 0.1) is 0 Å². The van der Waals surface area contributed by atoms with Crippen molar-refractivity contribution in [2.45, 2.75) is 6.92 Å². The molecular weight excluding hydrogens is 222 g/mol. The summed E-state index contributed by atoms with van der Waals surface area (Å²) >= 11 is 0. The predicted molar refractivity (Wildman–Crippen MR) is 59.8 cm³/mol. The molecule has 0 atom stereocenters. The van der Waals surface area contributed by atoms with Gasteiger partial charge in [0.05, 0.1) is 6.54 Å². The van der Waals surface area contributed by atoms with Crippen molar-refractivity contribution in [3.8, 4) is 0 Å². The number of nitrogens with zero attached hydrogens (tertiary/aromatic N) is 1. The first kappa shape index (κ1) is 11.3. The van der Waals surface area contributed by atoms with Gasteiger partial charge in [-0.3, -0.25) is 14.5 Å². The van der Waals surface area contributed by atoms with Crippen molar-refractivity contribution < 1.29 is 19.1 Å². The van der Waals surface area contributed by atoms with Crippen LogP contribution in [-0.2, 0) is 14.3 Å². The number of carbonyl (C=O) groups excluding carboxylic acids is 3. The minimum absolute atomic E-state index is 0.0408. The lowest BCUT2D eigenvalue weighted by molar-refractivity contribution is -0.156. The zero-order valence-electron chi connectivity index (χ0n) is 9.30. The Morgan fingerprint density at radius 1 is 1.24 bits per heavy atom. The Morgan fingerprint density at radius 3 is 2.47 bits per heavy atom. The first-order chi connectivity index (χ1) is 8.09. The second-order valence-electron chi connectivity index (χ2n) is 3.70. The predicted octanol–water partition coefficient (Wildman–Crippen LogP) is 0.779. The summed E-state index contributed by atoms with van der Waals surface area (Å²) in [7, 11) is 0. The molecule has 88 valence electrons. The molecule has 5 heteroatoms. The number of anilines is 1. The van der Waals surface area contributed by atoms with Crippen LogP contribution in [-0.4, -0.2) is 30.8 Å². The molecule has 1 aromatic carbocycles. The molecule has 2 rings (SSSR count). The maximum Gasteiger partial charge on any atom is 0.397 e. The minimum Gasteiger partial charge on any atom is -0.457 e.